The summed E-state index contributed by atoms with van der Waals surface area (Å²) in [6.07, 6.45) is 4.07. The third kappa shape index (κ3) is 4.42. The molecule has 0 spiro atoms. The summed E-state index contributed by atoms with van der Waals surface area (Å²) in [5.74, 6) is 0.978. The highest BCUT2D eigenvalue weighted by Crippen LogP contribution is 2.29. The number of carbonyl (C=O) groups excluding carboxylic acids is 1. The zero-order valence-corrected chi connectivity index (χ0v) is 16.3. The number of nitrogens with zero attached hydrogens (tertiary/aromatic N) is 2. The molecule has 6 heteroatoms. The van der Waals surface area contributed by atoms with Crippen LogP contribution in [0.25, 0.3) is 0 Å². The minimum Gasteiger partial charge on any atom is -0.396 e. The molecule has 2 N–H and O–H groups in total. The maximum Gasteiger partial charge on any atom is 0.255 e. The molecule has 1 aromatic rings. The van der Waals surface area contributed by atoms with Crippen LogP contribution in [0.5, 0.6) is 0 Å². The third-order valence-electron chi connectivity index (χ3n) is 5.89. The van der Waals surface area contributed by atoms with Crippen LogP contribution in [0, 0.1) is 17.8 Å². The van der Waals surface area contributed by atoms with Gasteiger partial charge in [-0.15, -0.1) is 11.8 Å². The standard InChI is InChI=1S/C20H30N2O3S/c1-26-19-5-3-2-4-18(19)20(25)22-11-16(17(12-22)14-24)10-21-8-6-15(13-23)7-9-21/h2-5,15-17,23-24H,6-14H2,1H3/t16-,17-/m0/s1. The van der Waals surface area contributed by atoms with Crippen LogP contribution in [0.4, 0.5) is 0 Å². The number of hydrogen-bond acceptors (Lipinski definition) is 5. The Hall–Kier alpha value is -1.08. The van der Waals surface area contributed by atoms with Gasteiger partial charge in [0, 0.05) is 43.7 Å². The molecule has 2 heterocycles. The van der Waals surface area contributed by atoms with Gasteiger partial charge in [-0.2, -0.15) is 0 Å². The zero-order chi connectivity index (χ0) is 18.5. The number of aliphatic hydroxyl groups is 2. The van der Waals surface area contributed by atoms with E-state index in [2.05, 4.69) is 4.90 Å². The van der Waals surface area contributed by atoms with Crippen LogP contribution in [0.2, 0.25) is 0 Å². The second-order valence-corrected chi connectivity index (χ2v) is 8.39. The van der Waals surface area contributed by atoms with Crippen LogP contribution in [-0.4, -0.2) is 78.1 Å². The van der Waals surface area contributed by atoms with E-state index in [1.165, 1.54) is 0 Å². The van der Waals surface area contributed by atoms with Crippen LogP contribution in [0.3, 0.4) is 0 Å². The van der Waals surface area contributed by atoms with E-state index in [9.17, 15) is 15.0 Å². The molecule has 5 nitrogen and oxygen atoms in total. The fourth-order valence-corrected chi connectivity index (χ4v) is 4.78. The molecule has 0 aliphatic carbocycles. The topological polar surface area (TPSA) is 64.0 Å². The third-order valence-corrected chi connectivity index (χ3v) is 6.69. The second-order valence-electron chi connectivity index (χ2n) is 7.54. The largest absolute Gasteiger partial charge is 0.396 e. The average molecular weight is 379 g/mol. The van der Waals surface area contributed by atoms with E-state index in [4.69, 9.17) is 0 Å². The number of piperidine rings is 1. The number of likely N-dealkylation sites (tertiary alicyclic amines) is 2. The van der Waals surface area contributed by atoms with E-state index in [0.29, 0.717) is 24.9 Å². The van der Waals surface area contributed by atoms with Gasteiger partial charge in [-0.1, -0.05) is 12.1 Å². The van der Waals surface area contributed by atoms with Crippen molar-refractivity contribution in [3.05, 3.63) is 29.8 Å². The van der Waals surface area contributed by atoms with Crippen LogP contribution in [0.1, 0.15) is 23.2 Å². The SMILES string of the molecule is CSc1ccccc1C(=O)N1C[C@@H](CO)[C@@H](CN2CCC(CO)CC2)C1. The van der Waals surface area contributed by atoms with E-state index in [1.54, 1.807) is 11.8 Å². The maximum absolute atomic E-state index is 13.0. The van der Waals surface area contributed by atoms with Crippen molar-refractivity contribution in [2.75, 3.05) is 52.2 Å². The number of thioether (sulfide) groups is 1. The molecule has 0 aromatic heterocycles. The molecule has 2 aliphatic heterocycles. The lowest BCUT2D eigenvalue weighted by atomic mass is 9.93. The summed E-state index contributed by atoms with van der Waals surface area (Å²) in [4.78, 5) is 18.4. The molecule has 26 heavy (non-hydrogen) atoms. The fraction of sp³-hybridized carbons (Fsp3) is 0.650. The summed E-state index contributed by atoms with van der Waals surface area (Å²) >= 11 is 1.60. The molecule has 0 saturated carbocycles. The lowest BCUT2D eigenvalue weighted by Gasteiger charge is -2.33. The van der Waals surface area contributed by atoms with Crippen molar-refractivity contribution in [1.29, 1.82) is 0 Å². The summed E-state index contributed by atoms with van der Waals surface area (Å²) in [7, 11) is 0. The van der Waals surface area contributed by atoms with Gasteiger partial charge in [-0.25, -0.2) is 0 Å². The van der Waals surface area contributed by atoms with E-state index < -0.39 is 0 Å². The predicted octanol–water partition coefficient (Wildman–Crippen LogP) is 1.79. The smallest absolute Gasteiger partial charge is 0.255 e. The summed E-state index contributed by atoms with van der Waals surface area (Å²) in [6.45, 7) is 4.70. The van der Waals surface area contributed by atoms with Gasteiger partial charge >= 0.3 is 0 Å². The van der Waals surface area contributed by atoms with Gasteiger partial charge in [0.1, 0.15) is 0 Å². The van der Waals surface area contributed by atoms with Gasteiger partial charge < -0.3 is 20.0 Å². The minimum absolute atomic E-state index is 0.0786. The Bertz CT molecular complexity index is 604. The molecule has 1 amide bonds. The van der Waals surface area contributed by atoms with Crippen LogP contribution in [0.15, 0.2) is 29.2 Å². The van der Waals surface area contributed by atoms with E-state index in [1.807, 2.05) is 35.4 Å². The molecule has 1 aromatic carbocycles. The first-order valence-corrected chi connectivity index (χ1v) is 10.7. The van der Waals surface area contributed by atoms with Crippen LogP contribution in [-0.2, 0) is 0 Å². The summed E-state index contributed by atoms with van der Waals surface area (Å²) in [5, 5.41) is 19.1. The van der Waals surface area contributed by atoms with Crippen molar-refractivity contribution in [1.82, 2.24) is 9.80 Å². The first-order valence-electron chi connectivity index (χ1n) is 9.52. The van der Waals surface area contributed by atoms with E-state index in [-0.39, 0.29) is 25.0 Å². The van der Waals surface area contributed by atoms with Crippen molar-refractivity contribution < 1.29 is 15.0 Å². The highest BCUT2D eigenvalue weighted by atomic mass is 32.2. The minimum atomic E-state index is 0.0786. The normalized spacial score (nSPS) is 25.0. The van der Waals surface area contributed by atoms with Gasteiger partial charge in [0.25, 0.3) is 5.91 Å². The lowest BCUT2D eigenvalue weighted by molar-refractivity contribution is 0.0772. The number of carbonyl (C=O) groups is 1. The highest BCUT2D eigenvalue weighted by molar-refractivity contribution is 7.98. The van der Waals surface area contributed by atoms with Gasteiger partial charge in [0.2, 0.25) is 0 Å². The lowest BCUT2D eigenvalue weighted by Crippen LogP contribution is -2.40. The zero-order valence-electron chi connectivity index (χ0n) is 15.5. The first kappa shape index (κ1) is 19.7. The Labute approximate surface area is 160 Å². The summed E-state index contributed by atoms with van der Waals surface area (Å²) in [6, 6.07) is 7.76. The molecule has 0 unspecified atom stereocenters. The van der Waals surface area contributed by atoms with Gasteiger partial charge in [0.15, 0.2) is 0 Å². The van der Waals surface area contributed by atoms with Crippen molar-refractivity contribution in [2.24, 2.45) is 17.8 Å². The average Bonchev–Trinajstić information content (AvgIpc) is 3.10. The van der Waals surface area contributed by atoms with Crippen LogP contribution >= 0.6 is 11.8 Å². The molecule has 2 fully saturated rings. The Morgan fingerprint density at radius 1 is 1.12 bits per heavy atom. The number of aliphatic hydroxyl groups excluding tert-OH is 2. The van der Waals surface area contributed by atoms with Crippen molar-refractivity contribution in [2.45, 2.75) is 17.7 Å². The molecule has 144 valence electrons. The molecule has 3 rings (SSSR count). The summed E-state index contributed by atoms with van der Waals surface area (Å²) in [5.41, 5.74) is 0.765. The first-order chi connectivity index (χ1) is 12.7. The monoisotopic (exact) mass is 378 g/mol. The van der Waals surface area contributed by atoms with Gasteiger partial charge in [0.05, 0.1) is 5.56 Å². The Balaban J connectivity index is 1.62. The van der Waals surface area contributed by atoms with Crippen molar-refractivity contribution in [3.63, 3.8) is 0 Å². The quantitative estimate of drug-likeness (QED) is 0.739. The summed E-state index contributed by atoms with van der Waals surface area (Å²) < 4.78 is 0. The fourth-order valence-electron chi connectivity index (χ4n) is 4.19. The second kappa shape index (κ2) is 9.22. The highest BCUT2D eigenvalue weighted by Gasteiger charge is 2.37. The Morgan fingerprint density at radius 3 is 2.46 bits per heavy atom. The van der Waals surface area contributed by atoms with Gasteiger partial charge in [-0.3, -0.25) is 4.79 Å². The maximum atomic E-state index is 13.0. The molecule has 0 radical (unpaired) electrons. The molecule has 2 saturated heterocycles. The number of rotatable bonds is 6. The molecule has 0 bridgehead atoms. The number of amides is 1. The van der Waals surface area contributed by atoms with Gasteiger partial charge in [-0.05, 0) is 56.2 Å². The van der Waals surface area contributed by atoms with Crippen LogP contribution < -0.4 is 0 Å². The number of benzene rings is 1. The molecule has 2 aliphatic rings. The molecule has 2 atom stereocenters. The Morgan fingerprint density at radius 2 is 1.81 bits per heavy atom. The van der Waals surface area contributed by atoms with Crippen molar-refractivity contribution in [3.8, 4) is 0 Å². The van der Waals surface area contributed by atoms with E-state index >= 15 is 0 Å². The predicted molar refractivity (Wildman–Crippen MR) is 104 cm³/mol. The molecular formula is C20H30N2O3S. The number of hydrogen-bond donors (Lipinski definition) is 2. The molecular weight excluding hydrogens is 348 g/mol. The van der Waals surface area contributed by atoms with Crippen molar-refractivity contribution >= 4 is 17.7 Å². The Kier molecular flexibility index (Phi) is 6.98. The van der Waals surface area contributed by atoms with E-state index in [0.717, 1.165) is 42.9 Å².